The molecule has 4 nitrogen and oxygen atoms in total. The summed E-state index contributed by atoms with van der Waals surface area (Å²) in [5, 5.41) is 0. The van der Waals surface area contributed by atoms with Crippen molar-refractivity contribution in [2.24, 2.45) is 0 Å². The first-order valence-corrected chi connectivity index (χ1v) is 10.7. The molecular weight excluding hydrogens is 383 g/mol. The fourth-order valence-corrected chi connectivity index (χ4v) is 7.10. The molecule has 0 radical (unpaired) electrons. The average molecular weight is 407 g/mol. The Bertz CT molecular complexity index is 655. The number of rotatable bonds is 8. The normalized spacial score (nSPS) is 29.1. The van der Waals surface area contributed by atoms with Crippen LogP contribution in [0.25, 0.3) is 0 Å². The molecule has 0 saturated carbocycles. The fraction of sp³-hybridized carbons (Fsp3) is 0.556. The summed E-state index contributed by atoms with van der Waals surface area (Å²) in [4.78, 5) is 0. The minimum atomic E-state index is -3.70. The largest absolute Gasteiger partial charge is 0.501 e. The zero-order chi connectivity index (χ0) is 18.6. The summed E-state index contributed by atoms with van der Waals surface area (Å²) in [6.07, 6.45) is 11.7. The second kappa shape index (κ2) is 8.19. The number of hydrogen-bond donors (Lipinski definition) is 0. The van der Waals surface area contributed by atoms with Crippen LogP contribution < -0.4 is 0 Å². The molecule has 0 aromatic heterocycles. The number of methoxy groups -OCH3 is 2. The summed E-state index contributed by atoms with van der Waals surface area (Å²) in [6.45, 7) is 0. The van der Waals surface area contributed by atoms with E-state index in [4.69, 9.17) is 32.7 Å². The molecule has 2 aliphatic rings. The van der Waals surface area contributed by atoms with Crippen LogP contribution in [0.1, 0.15) is 25.7 Å². The molecule has 0 aliphatic heterocycles. The van der Waals surface area contributed by atoms with E-state index in [1.165, 1.54) is 0 Å². The van der Waals surface area contributed by atoms with Crippen molar-refractivity contribution in [1.29, 1.82) is 0 Å². The van der Waals surface area contributed by atoms with Crippen LogP contribution >= 0.6 is 23.2 Å². The maximum atomic E-state index is 13.9. The Morgan fingerprint density at radius 1 is 0.920 bits per heavy atom. The molecule has 0 saturated heterocycles. The molecule has 0 amide bonds. The number of ether oxygens (including phenoxy) is 2. The molecule has 140 valence electrons. The number of alkyl halides is 2. The Kier molecular flexibility index (Phi) is 6.68. The van der Waals surface area contributed by atoms with Crippen molar-refractivity contribution in [2.45, 2.75) is 35.2 Å². The van der Waals surface area contributed by atoms with Gasteiger partial charge in [-0.3, -0.25) is 0 Å². The highest BCUT2D eigenvalue weighted by Gasteiger charge is 2.55. The molecule has 0 bridgehead atoms. The molecule has 0 N–H and O–H groups in total. The fourth-order valence-electron chi connectivity index (χ4n) is 3.47. The van der Waals surface area contributed by atoms with Crippen LogP contribution in [-0.4, -0.2) is 43.9 Å². The van der Waals surface area contributed by atoms with Crippen molar-refractivity contribution in [3.05, 3.63) is 48.0 Å². The van der Waals surface area contributed by atoms with Gasteiger partial charge >= 0.3 is 0 Å². The SMILES string of the molecule is COC1=CC=CC(CCCl)(S(=O)(=O)C2(CCCl)C=CC=C(OC)C2)C1. The number of halogens is 2. The van der Waals surface area contributed by atoms with E-state index in [9.17, 15) is 8.42 Å². The third kappa shape index (κ3) is 3.64. The molecule has 7 heteroatoms. The first-order valence-electron chi connectivity index (χ1n) is 8.11. The summed E-state index contributed by atoms with van der Waals surface area (Å²) < 4.78 is 36.2. The Hall–Kier alpha value is -0.910. The van der Waals surface area contributed by atoms with Crippen LogP contribution in [0.5, 0.6) is 0 Å². The Balaban J connectivity index is 2.55. The van der Waals surface area contributed by atoms with E-state index in [-0.39, 0.29) is 24.6 Å². The third-order valence-electron chi connectivity index (χ3n) is 4.94. The van der Waals surface area contributed by atoms with Gasteiger partial charge in [-0.15, -0.1) is 23.2 Å². The molecular formula is C18H24Cl2O4S. The molecule has 0 aromatic rings. The quantitative estimate of drug-likeness (QED) is 0.568. The molecule has 0 spiro atoms. The predicted molar refractivity (Wildman–Crippen MR) is 103 cm³/mol. The summed E-state index contributed by atoms with van der Waals surface area (Å²) in [5.41, 5.74) is 0. The van der Waals surface area contributed by atoms with Crippen molar-refractivity contribution >= 4 is 33.0 Å². The van der Waals surface area contributed by atoms with Gasteiger partial charge in [0.25, 0.3) is 0 Å². The van der Waals surface area contributed by atoms with Crippen LogP contribution in [0.2, 0.25) is 0 Å². The molecule has 2 aliphatic carbocycles. The topological polar surface area (TPSA) is 52.6 Å². The highest BCUT2D eigenvalue weighted by molar-refractivity contribution is 7.94. The second-order valence-corrected chi connectivity index (χ2v) is 9.65. The lowest BCUT2D eigenvalue weighted by molar-refractivity contribution is 0.260. The molecule has 2 unspecified atom stereocenters. The van der Waals surface area contributed by atoms with Crippen molar-refractivity contribution < 1.29 is 17.9 Å². The van der Waals surface area contributed by atoms with Crippen molar-refractivity contribution in [3.63, 3.8) is 0 Å². The lowest BCUT2D eigenvalue weighted by Gasteiger charge is -2.42. The van der Waals surface area contributed by atoms with Gasteiger partial charge in [0.1, 0.15) is 0 Å². The molecule has 0 aromatic carbocycles. The van der Waals surface area contributed by atoms with Gasteiger partial charge in [-0.1, -0.05) is 24.3 Å². The summed E-state index contributed by atoms with van der Waals surface area (Å²) >= 11 is 12.0. The zero-order valence-corrected chi connectivity index (χ0v) is 16.8. The van der Waals surface area contributed by atoms with Crippen molar-refractivity contribution in [3.8, 4) is 0 Å². The van der Waals surface area contributed by atoms with E-state index in [0.717, 1.165) is 0 Å². The van der Waals surface area contributed by atoms with Gasteiger partial charge in [0, 0.05) is 24.6 Å². The van der Waals surface area contributed by atoms with Gasteiger partial charge in [0.15, 0.2) is 9.84 Å². The Morgan fingerprint density at radius 3 is 1.64 bits per heavy atom. The highest BCUT2D eigenvalue weighted by atomic mass is 35.5. The number of allylic oxidation sites excluding steroid dienone is 6. The van der Waals surface area contributed by atoms with E-state index >= 15 is 0 Å². The van der Waals surface area contributed by atoms with Crippen LogP contribution in [-0.2, 0) is 19.3 Å². The third-order valence-corrected chi connectivity index (χ3v) is 8.43. The van der Waals surface area contributed by atoms with Gasteiger partial charge in [-0.25, -0.2) is 8.42 Å². The van der Waals surface area contributed by atoms with Crippen LogP contribution in [0.4, 0.5) is 0 Å². The molecule has 2 rings (SSSR count). The monoisotopic (exact) mass is 406 g/mol. The standard InChI is InChI=1S/C18H24Cl2O4S/c1-23-15-5-3-7-17(13-15,9-11-19)25(21,22)18(10-12-20)8-4-6-16(14-18)24-2/h3-8H,9-14H2,1-2H3. The smallest absolute Gasteiger partial charge is 0.169 e. The summed E-state index contributed by atoms with van der Waals surface area (Å²) in [5.74, 6) is 1.71. The minimum absolute atomic E-state index is 0.230. The average Bonchev–Trinajstić information content (AvgIpc) is 2.62. The van der Waals surface area contributed by atoms with Gasteiger partial charge in [-0.05, 0) is 25.0 Å². The lowest BCUT2D eigenvalue weighted by Crippen LogP contribution is -2.52. The van der Waals surface area contributed by atoms with Crippen LogP contribution in [0.3, 0.4) is 0 Å². The predicted octanol–water partition coefficient (Wildman–Crippen LogP) is 4.12. The van der Waals surface area contributed by atoms with Crippen LogP contribution in [0.15, 0.2) is 48.0 Å². The molecule has 25 heavy (non-hydrogen) atoms. The van der Waals surface area contributed by atoms with E-state index in [1.807, 2.05) is 0 Å². The first kappa shape index (κ1) is 20.4. The van der Waals surface area contributed by atoms with E-state index in [0.29, 0.717) is 24.4 Å². The van der Waals surface area contributed by atoms with Gasteiger partial charge < -0.3 is 9.47 Å². The van der Waals surface area contributed by atoms with Gasteiger partial charge in [0.05, 0.1) is 35.2 Å². The van der Waals surface area contributed by atoms with E-state index in [1.54, 1.807) is 50.7 Å². The van der Waals surface area contributed by atoms with Crippen molar-refractivity contribution in [1.82, 2.24) is 0 Å². The van der Waals surface area contributed by atoms with E-state index in [2.05, 4.69) is 0 Å². The van der Waals surface area contributed by atoms with Gasteiger partial charge in [-0.2, -0.15) is 0 Å². The maximum absolute atomic E-state index is 13.9. The maximum Gasteiger partial charge on any atom is 0.169 e. The van der Waals surface area contributed by atoms with E-state index < -0.39 is 19.3 Å². The van der Waals surface area contributed by atoms with Gasteiger partial charge in [0.2, 0.25) is 0 Å². The second-order valence-electron chi connectivity index (χ2n) is 6.26. The Labute approximate surface area is 160 Å². The van der Waals surface area contributed by atoms with Crippen molar-refractivity contribution in [2.75, 3.05) is 26.0 Å². The lowest BCUT2D eigenvalue weighted by atomic mass is 9.94. The molecule has 0 heterocycles. The number of hydrogen-bond acceptors (Lipinski definition) is 4. The molecule has 0 fully saturated rings. The summed E-state index contributed by atoms with van der Waals surface area (Å²) in [6, 6.07) is 0. The molecule has 2 atom stereocenters. The van der Waals surface area contributed by atoms with Crippen LogP contribution in [0, 0.1) is 0 Å². The first-order chi connectivity index (χ1) is 11.9. The minimum Gasteiger partial charge on any atom is -0.501 e. The highest BCUT2D eigenvalue weighted by Crippen LogP contribution is 2.46. The number of sulfone groups is 1. The zero-order valence-electron chi connectivity index (χ0n) is 14.5. The Morgan fingerprint density at radius 2 is 1.32 bits per heavy atom. The summed E-state index contributed by atoms with van der Waals surface area (Å²) in [7, 11) is -0.612.